The van der Waals surface area contributed by atoms with Crippen LogP contribution in [0.3, 0.4) is 0 Å². The fourth-order valence-corrected chi connectivity index (χ4v) is 1.99. The number of nitrogens with two attached hydrogens (primary N) is 1. The summed E-state index contributed by atoms with van der Waals surface area (Å²) in [4.78, 5) is 11.4. The third-order valence-electron chi connectivity index (χ3n) is 3.91. The Bertz CT molecular complexity index is 884. The quantitative estimate of drug-likeness (QED) is 0.255. The van der Waals surface area contributed by atoms with Gasteiger partial charge in [-0.25, -0.2) is 9.18 Å². The van der Waals surface area contributed by atoms with Crippen molar-refractivity contribution in [1.29, 1.82) is 0 Å². The van der Waals surface area contributed by atoms with Crippen LogP contribution in [-0.4, -0.2) is 54.3 Å². The van der Waals surface area contributed by atoms with Gasteiger partial charge in [-0.15, -0.1) is 0 Å². The maximum atomic E-state index is 13.6. The van der Waals surface area contributed by atoms with Crippen LogP contribution in [0.4, 0.5) is 71.5 Å². The Kier molecular flexibility index (Phi) is 6.93. The zero-order chi connectivity index (χ0) is 26.5. The Morgan fingerprint density at radius 1 is 0.727 bits per heavy atom. The number of nitrogen functional groups attached to an aromatic ring is 1. The van der Waals surface area contributed by atoms with E-state index < -0.39 is 65.5 Å². The number of carbonyl (C=O) groups is 1. The van der Waals surface area contributed by atoms with Crippen LogP contribution in [0, 0.1) is 0 Å². The van der Waals surface area contributed by atoms with Crippen LogP contribution in [0.1, 0.15) is 10.4 Å². The van der Waals surface area contributed by atoms with E-state index in [1.54, 1.807) is 0 Å². The number of hydrogen-bond acceptors (Lipinski definition) is 3. The van der Waals surface area contributed by atoms with Gasteiger partial charge in [0.05, 0.1) is 5.56 Å². The highest BCUT2D eigenvalue weighted by Gasteiger charge is 2.93. The molecule has 2 N–H and O–H groups in total. The Hall–Kier alpha value is -2.56. The molecule has 1 aromatic carbocycles. The van der Waals surface area contributed by atoms with Crippen molar-refractivity contribution in [3.8, 4) is 0 Å². The SMILES string of the molecule is Nc1cccc(C(=O)OC(F)(F)C(F)(F)C(F)(F)C(F)(F)C(F)(F)C(F)(F)C(F)(F)CF)c1. The molecule has 18 heteroatoms. The highest BCUT2D eigenvalue weighted by atomic mass is 19.4. The second-order valence-corrected chi connectivity index (χ2v) is 6.24. The minimum absolute atomic E-state index is 0.424. The monoisotopic (exact) mass is 519 g/mol. The molecule has 0 bridgehead atoms. The minimum atomic E-state index is -8.39. The first-order valence-electron chi connectivity index (χ1n) is 7.74. The van der Waals surface area contributed by atoms with Crippen molar-refractivity contribution in [3.05, 3.63) is 29.8 Å². The number of ether oxygens (including phenoxy) is 1. The first-order valence-corrected chi connectivity index (χ1v) is 7.74. The van der Waals surface area contributed by atoms with Crippen LogP contribution in [0.25, 0.3) is 0 Å². The van der Waals surface area contributed by atoms with Crippen LogP contribution in [0.5, 0.6) is 0 Å². The molecule has 0 unspecified atom stereocenters. The number of carbonyl (C=O) groups excluding carboxylic acids is 1. The van der Waals surface area contributed by atoms with Crippen LogP contribution < -0.4 is 5.73 Å². The molecular weight excluding hydrogens is 511 g/mol. The molecule has 0 saturated carbocycles. The van der Waals surface area contributed by atoms with E-state index in [1.807, 2.05) is 0 Å². The van der Waals surface area contributed by atoms with Crippen molar-refractivity contribution in [2.45, 2.75) is 41.6 Å². The summed E-state index contributed by atoms with van der Waals surface area (Å²) in [5.41, 5.74) is 3.51. The summed E-state index contributed by atoms with van der Waals surface area (Å²) in [6.07, 6.45) is -7.12. The average Bonchev–Trinajstić information content (AvgIpc) is 2.66. The van der Waals surface area contributed by atoms with Gasteiger partial charge in [0.15, 0.2) is 6.67 Å². The minimum Gasteiger partial charge on any atom is -0.399 e. The van der Waals surface area contributed by atoms with Gasteiger partial charge in [-0.1, -0.05) is 6.07 Å². The van der Waals surface area contributed by atoms with Crippen molar-refractivity contribution in [3.63, 3.8) is 0 Å². The number of anilines is 1. The second-order valence-electron chi connectivity index (χ2n) is 6.24. The molecule has 33 heavy (non-hydrogen) atoms. The maximum absolute atomic E-state index is 13.6. The van der Waals surface area contributed by atoms with Crippen molar-refractivity contribution in [2.24, 2.45) is 0 Å². The van der Waals surface area contributed by atoms with E-state index in [2.05, 4.69) is 4.74 Å². The number of esters is 1. The molecule has 0 radical (unpaired) electrons. The summed E-state index contributed by atoms with van der Waals surface area (Å²) < 4.78 is 201. The third-order valence-corrected chi connectivity index (χ3v) is 3.91. The number of benzene rings is 1. The number of alkyl halides is 15. The summed E-state index contributed by atoms with van der Waals surface area (Å²) in [5.74, 6) is -50.1. The molecule has 0 aliphatic heterocycles. The summed E-state index contributed by atoms with van der Waals surface area (Å²) in [6.45, 7) is -3.86. The van der Waals surface area contributed by atoms with Crippen LogP contribution in [0.2, 0.25) is 0 Å². The third kappa shape index (κ3) is 4.11. The summed E-state index contributed by atoms with van der Waals surface area (Å²) in [6, 6.07) is 2.72. The lowest BCUT2D eigenvalue weighted by molar-refractivity contribution is -0.460. The molecule has 0 heterocycles. The fourth-order valence-electron chi connectivity index (χ4n) is 1.99. The van der Waals surface area contributed by atoms with E-state index in [9.17, 15) is 70.7 Å². The van der Waals surface area contributed by atoms with E-state index in [4.69, 9.17) is 5.73 Å². The zero-order valence-corrected chi connectivity index (χ0v) is 15.1. The highest BCUT2D eigenvalue weighted by molar-refractivity contribution is 5.90. The fraction of sp³-hybridized carbons (Fsp3) is 0.533. The molecule has 190 valence electrons. The average molecular weight is 519 g/mol. The van der Waals surface area contributed by atoms with Crippen molar-refractivity contribution in [1.82, 2.24) is 0 Å². The molecule has 0 saturated heterocycles. The lowest BCUT2D eigenvalue weighted by atomic mass is 9.91. The normalized spacial score (nSPS) is 14.9. The highest BCUT2D eigenvalue weighted by Crippen LogP contribution is 2.62. The Balaban J connectivity index is 3.48. The van der Waals surface area contributed by atoms with Gasteiger partial charge in [0.25, 0.3) is 0 Å². The van der Waals surface area contributed by atoms with Crippen LogP contribution >= 0.6 is 0 Å². The zero-order valence-electron chi connectivity index (χ0n) is 15.1. The van der Waals surface area contributed by atoms with E-state index in [-0.39, 0.29) is 0 Å². The lowest BCUT2D eigenvalue weighted by Crippen LogP contribution is -2.73. The van der Waals surface area contributed by atoms with Crippen molar-refractivity contribution in [2.75, 3.05) is 12.4 Å². The van der Waals surface area contributed by atoms with Gasteiger partial charge >= 0.3 is 47.6 Å². The summed E-state index contributed by atoms with van der Waals surface area (Å²) >= 11 is 0. The molecule has 0 aliphatic carbocycles. The van der Waals surface area contributed by atoms with E-state index in [0.29, 0.717) is 12.1 Å². The van der Waals surface area contributed by atoms with Crippen LogP contribution in [0.15, 0.2) is 24.3 Å². The molecule has 0 aliphatic rings. The van der Waals surface area contributed by atoms with Crippen molar-refractivity contribution >= 4 is 11.7 Å². The largest absolute Gasteiger partial charge is 0.473 e. The lowest BCUT2D eigenvalue weighted by Gasteiger charge is -2.41. The standard InChI is InChI=1S/C15H8F15NO2/c16-5-9(17,18)10(19,20)11(21,22)12(23,24)13(25,26)14(27,28)15(29,30)33-8(32)6-2-1-3-7(31)4-6/h1-4H,5,31H2. The van der Waals surface area contributed by atoms with Gasteiger partial charge in [-0.3, -0.25) is 0 Å². The molecule has 0 aromatic heterocycles. The van der Waals surface area contributed by atoms with Gasteiger partial charge in [-0.05, 0) is 18.2 Å². The molecule has 0 atom stereocenters. The van der Waals surface area contributed by atoms with Gasteiger partial charge in [0.1, 0.15) is 0 Å². The number of rotatable bonds is 9. The second kappa shape index (κ2) is 8.03. The molecular formula is C15H8F15NO2. The topological polar surface area (TPSA) is 52.3 Å². The first-order chi connectivity index (χ1) is 14.4. The van der Waals surface area contributed by atoms with E-state index >= 15 is 0 Å². The predicted octanol–water partition coefficient (Wildman–Crippen LogP) is 5.80. The summed E-state index contributed by atoms with van der Waals surface area (Å²) in [7, 11) is 0. The Morgan fingerprint density at radius 2 is 1.15 bits per heavy atom. The number of hydrogen-bond donors (Lipinski definition) is 1. The predicted molar refractivity (Wildman–Crippen MR) is 76.9 cm³/mol. The Labute approximate surface area is 172 Å². The first kappa shape index (κ1) is 28.5. The molecule has 1 aromatic rings. The van der Waals surface area contributed by atoms with Gasteiger partial charge in [0.2, 0.25) is 0 Å². The smallest absolute Gasteiger partial charge is 0.399 e. The summed E-state index contributed by atoms with van der Waals surface area (Å²) in [5, 5.41) is 0. The molecule has 0 spiro atoms. The Morgan fingerprint density at radius 3 is 1.58 bits per heavy atom. The molecule has 1 rings (SSSR count). The van der Waals surface area contributed by atoms with Crippen molar-refractivity contribution < 1.29 is 75.4 Å². The maximum Gasteiger partial charge on any atom is 0.473 e. The molecule has 3 nitrogen and oxygen atoms in total. The van der Waals surface area contributed by atoms with Crippen LogP contribution in [-0.2, 0) is 4.74 Å². The molecule has 0 amide bonds. The van der Waals surface area contributed by atoms with Gasteiger partial charge < -0.3 is 10.5 Å². The van der Waals surface area contributed by atoms with Gasteiger partial charge in [-0.2, -0.15) is 61.5 Å². The number of halogens is 15. The molecule has 0 fully saturated rings. The van der Waals surface area contributed by atoms with Gasteiger partial charge in [0, 0.05) is 5.69 Å². The van der Waals surface area contributed by atoms with E-state index in [0.717, 1.165) is 12.1 Å². The van der Waals surface area contributed by atoms with E-state index in [1.165, 1.54) is 0 Å².